The Morgan fingerprint density at radius 1 is 1.16 bits per heavy atom. The number of nitrogens with one attached hydrogen (secondary N) is 1. The van der Waals surface area contributed by atoms with Gasteiger partial charge < -0.3 is 15.0 Å². The van der Waals surface area contributed by atoms with E-state index in [1.165, 1.54) is 11.0 Å². The van der Waals surface area contributed by atoms with Gasteiger partial charge in [0.2, 0.25) is 21.8 Å². The standard InChI is InChI=1S/C19H21F3N4O5S/c20-19(21,22)15-3-1-2-4-16(15)32(29,30)26-11-13(17(27)24-6-5-23)14(12-26)18(28)25-7-9-31-10-8-25/h1-4,13-14H,6-12H2,(H,24,27)/t13-,14-/m1/s1. The third kappa shape index (κ3) is 4.87. The summed E-state index contributed by atoms with van der Waals surface area (Å²) in [5.74, 6) is -3.43. The van der Waals surface area contributed by atoms with Gasteiger partial charge in [-0.25, -0.2) is 8.42 Å². The Bertz CT molecular complexity index is 1020. The molecule has 2 aliphatic rings. The molecule has 2 heterocycles. The number of rotatable bonds is 5. The third-order valence-corrected chi connectivity index (χ3v) is 7.30. The number of hydrogen-bond donors (Lipinski definition) is 1. The fourth-order valence-electron chi connectivity index (χ4n) is 3.82. The molecule has 0 aliphatic carbocycles. The van der Waals surface area contributed by atoms with Gasteiger partial charge in [0, 0.05) is 26.2 Å². The molecule has 2 fully saturated rings. The van der Waals surface area contributed by atoms with Gasteiger partial charge in [0.15, 0.2) is 0 Å². The summed E-state index contributed by atoms with van der Waals surface area (Å²) < 4.78 is 72.4. The first-order chi connectivity index (χ1) is 15.1. The largest absolute Gasteiger partial charge is 0.417 e. The lowest BCUT2D eigenvalue weighted by molar-refractivity contribution is -0.143. The van der Waals surface area contributed by atoms with E-state index in [1.807, 2.05) is 0 Å². The highest BCUT2D eigenvalue weighted by atomic mass is 32.2. The minimum atomic E-state index is -4.91. The zero-order valence-corrected chi connectivity index (χ0v) is 17.7. The highest BCUT2D eigenvalue weighted by Gasteiger charge is 2.49. The highest BCUT2D eigenvalue weighted by Crippen LogP contribution is 2.37. The van der Waals surface area contributed by atoms with Crippen molar-refractivity contribution in [3.63, 3.8) is 0 Å². The number of carbonyl (C=O) groups excluding carboxylic acids is 2. The van der Waals surface area contributed by atoms with Crippen LogP contribution in [-0.4, -0.2) is 75.4 Å². The average Bonchev–Trinajstić information content (AvgIpc) is 3.23. The van der Waals surface area contributed by atoms with E-state index in [0.29, 0.717) is 6.07 Å². The van der Waals surface area contributed by atoms with E-state index >= 15 is 0 Å². The predicted octanol–water partition coefficient (Wildman–Crippen LogP) is 0.441. The van der Waals surface area contributed by atoms with Crippen LogP contribution in [0.3, 0.4) is 0 Å². The summed E-state index contributed by atoms with van der Waals surface area (Å²) in [6, 6.07) is 5.48. The second-order valence-corrected chi connectivity index (χ2v) is 9.25. The smallest absolute Gasteiger partial charge is 0.378 e. The van der Waals surface area contributed by atoms with Crippen molar-refractivity contribution in [1.29, 1.82) is 5.26 Å². The van der Waals surface area contributed by atoms with Gasteiger partial charge in [0.1, 0.15) is 6.54 Å². The second kappa shape index (κ2) is 9.43. The van der Waals surface area contributed by atoms with Gasteiger partial charge >= 0.3 is 6.18 Å². The molecule has 1 aromatic carbocycles. The van der Waals surface area contributed by atoms with E-state index in [4.69, 9.17) is 10.00 Å². The lowest BCUT2D eigenvalue weighted by Crippen LogP contribution is -2.47. The lowest BCUT2D eigenvalue weighted by Gasteiger charge is -2.30. The first-order valence-electron chi connectivity index (χ1n) is 9.75. The SMILES string of the molecule is N#CCNC(=O)[C@@H]1CN(S(=O)(=O)c2ccccc2C(F)(F)F)C[C@H]1C(=O)N1CCOCC1. The second-order valence-electron chi connectivity index (χ2n) is 7.34. The van der Waals surface area contributed by atoms with E-state index < -0.39 is 63.4 Å². The zero-order valence-electron chi connectivity index (χ0n) is 16.8. The number of sulfonamides is 1. The van der Waals surface area contributed by atoms with Crippen LogP contribution in [0.1, 0.15) is 5.56 Å². The van der Waals surface area contributed by atoms with E-state index in [2.05, 4.69) is 5.32 Å². The van der Waals surface area contributed by atoms with Crippen LogP contribution in [0.25, 0.3) is 0 Å². The number of halogens is 3. The summed E-state index contributed by atoms with van der Waals surface area (Å²) in [7, 11) is -4.66. The molecule has 0 saturated carbocycles. The molecule has 32 heavy (non-hydrogen) atoms. The maximum atomic E-state index is 13.4. The number of alkyl halides is 3. The Morgan fingerprint density at radius 3 is 2.41 bits per heavy atom. The first kappa shape index (κ1) is 24.0. The lowest BCUT2D eigenvalue weighted by atomic mass is 9.93. The molecule has 1 N–H and O–H groups in total. The van der Waals surface area contributed by atoms with Gasteiger partial charge in [-0.3, -0.25) is 9.59 Å². The van der Waals surface area contributed by atoms with Crippen LogP contribution in [0.4, 0.5) is 13.2 Å². The Hall–Kier alpha value is -2.69. The number of benzene rings is 1. The van der Waals surface area contributed by atoms with Gasteiger partial charge in [0.05, 0.1) is 41.6 Å². The van der Waals surface area contributed by atoms with Crippen LogP contribution in [0.15, 0.2) is 29.2 Å². The molecule has 0 aromatic heterocycles. The van der Waals surface area contributed by atoms with Crippen molar-refractivity contribution in [2.75, 3.05) is 45.9 Å². The summed E-state index contributed by atoms with van der Waals surface area (Å²) in [6.07, 6.45) is -4.91. The normalized spacial score (nSPS) is 22.4. The molecule has 0 radical (unpaired) electrons. The highest BCUT2D eigenvalue weighted by molar-refractivity contribution is 7.89. The van der Waals surface area contributed by atoms with Crippen molar-refractivity contribution in [3.8, 4) is 6.07 Å². The molecule has 2 atom stereocenters. The van der Waals surface area contributed by atoms with Gasteiger partial charge in [-0.15, -0.1) is 0 Å². The molecule has 9 nitrogen and oxygen atoms in total. The van der Waals surface area contributed by atoms with Crippen LogP contribution in [0.2, 0.25) is 0 Å². The monoisotopic (exact) mass is 474 g/mol. The van der Waals surface area contributed by atoms with Crippen LogP contribution in [0, 0.1) is 23.2 Å². The zero-order chi connectivity index (χ0) is 23.5. The Kier molecular flexibility index (Phi) is 7.06. The molecule has 2 aliphatic heterocycles. The number of amides is 2. The van der Waals surface area contributed by atoms with Gasteiger partial charge in [-0.2, -0.15) is 22.7 Å². The summed E-state index contributed by atoms with van der Waals surface area (Å²) in [6.45, 7) is -0.203. The average molecular weight is 474 g/mol. The molecule has 0 bridgehead atoms. The minimum absolute atomic E-state index is 0.255. The third-order valence-electron chi connectivity index (χ3n) is 5.42. The van der Waals surface area contributed by atoms with Crippen molar-refractivity contribution >= 4 is 21.8 Å². The quantitative estimate of drug-likeness (QED) is 0.619. The molecule has 2 saturated heterocycles. The minimum Gasteiger partial charge on any atom is -0.378 e. The molecule has 0 spiro atoms. The fraction of sp³-hybridized carbons (Fsp3) is 0.526. The first-order valence-corrected chi connectivity index (χ1v) is 11.2. The number of nitrogens with zero attached hydrogens (tertiary/aromatic N) is 3. The number of nitriles is 1. The summed E-state index contributed by atoms with van der Waals surface area (Å²) in [4.78, 5) is 26.1. The molecule has 174 valence electrons. The van der Waals surface area contributed by atoms with Gasteiger partial charge in [-0.05, 0) is 12.1 Å². The van der Waals surface area contributed by atoms with Crippen molar-refractivity contribution in [2.45, 2.75) is 11.1 Å². The number of hydrogen-bond acceptors (Lipinski definition) is 6. The van der Waals surface area contributed by atoms with Crippen LogP contribution >= 0.6 is 0 Å². The van der Waals surface area contributed by atoms with Crippen molar-refractivity contribution in [3.05, 3.63) is 29.8 Å². The maximum absolute atomic E-state index is 13.4. The molecule has 13 heteroatoms. The van der Waals surface area contributed by atoms with Gasteiger partial charge in [-0.1, -0.05) is 12.1 Å². The number of morpholine rings is 1. The van der Waals surface area contributed by atoms with E-state index in [-0.39, 0.29) is 32.8 Å². The Morgan fingerprint density at radius 2 is 1.78 bits per heavy atom. The number of ether oxygens (including phenoxy) is 1. The van der Waals surface area contributed by atoms with Crippen molar-refractivity contribution in [1.82, 2.24) is 14.5 Å². The van der Waals surface area contributed by atoms with Crippen molar-refractivity contribution in [2.24, 2.45) is 11.8 Å². The summed E-state index contributed by atoms with van der Waals surface area (Å²) in [5, 5.41) is 11.0. The molecule has 1 aromatic rings. The van der Waals surface area contributed by atoms with E-state index in [9.17, 15) is 31.2 Å². The number of carbonyl (C=O) groups is 2. The molecule has 2 amide bonds. The van der Waals surface area contributed by atoms with Gasteiger partial charge in [0.25, 0.3) is 0 Å². The van der Waals surface area contributed by atoms with Crippen LogP contribution < -0.4 is 5.32 Å². The molecular formula is C19H21F3N4O5S. The molecule has 0 unspecified atom stereocenters. The Labute approximate surface area is 182 Å². The van der Waals surface area contributed by atoms with Crippen LogP contribution in [-0.2, 0) is 30.5 Å². The van der Waals surface area contributed by atoms with E-state index in [0.717, 1.165) is 16.4 Å². The molecular weight excluding hydrogens is 453 g/mol. The predicted molar refractivity (Wildman–Crippen MR) is 103 cm³/mol. The topological polar surface area (TPSA) is 120 Å². The maximum Gasteiger partial charge on any atom is 0.417 e. The van der Waals surface area contributed by atoms with Crippen molar-refractivity contribution < 1.29 is 35.9 Å². The molecule has 3 rings (SSSR count). The summed E-state index contributed by atoms with van der Waals surface area (Å²) in [5.41, 5.74) is -1.33. The van der Waals surface area contributed by atoms with Crippen LogP contribution in [0.5, 0.6) is 0 Å². The fourth-order valence-corrected chi connectivity index (χ4v) is 5.52. The Balaban J connectivity index is 1.93. The van der Waals surface area contributed by atoms with E-state index in [1.54, 1.807) is 6.07 Å². The summed E-state index contributed by atoms with van der Waals surface area (Å²) >= 11 is 0.